The molecular weight excluding hydrogens is 170 g/mol. The summed E-state index contributed by atoms with van der Waals surface area (Å²) in [6.07, 6.45) is 0. The van der Waals surface area contributed by atoms with E-state index in [0.29, 0.717) is 0 Å². The third kappa shape index (κ3) is 18.9. The molecule has 0 atom stereocenters. The van der Waals surface area contributed by atoms with Crippen LogP contribution in [-0.4, -0.2) is 23.1 Å². The van der Waals surface area contributed by atoms with Crippen molar-refractivity contribution < 1.29 is 55.7 Å². The molecular formula is H6Cl3KMg. The average molecular weight is 176 g/mol. The smallest absolute Gasteiger partial charge is 1.00 e. The van der Waals surface area contributed by atoms with Crippen LogP contribution in [0.25, 0.3) is 0 Å². The molecule has 0 spiro atoms. The minimum atomic E-state index is 0. The molecule has 0 aromatic rings. The van der Waals surface area contributed by atoms with E-state index in [-0.39, 0.29) is 116 Å². The Labute approximate surface area is 113 Å². The van der Waals surface area contributed by atoms with Crippen molar-refractivity contribution in [1.82, 2.24) is 0 Å². The molecule has 0 N–H and O–H groups in total. The van der Waals surface area contributed by atoms with E-state index in [1.807, 2.05) is 0 Å². The van der Waals surface area contributed by atoms with Gasteiger partial charge >= 0.3 is 74.4 Å². The molecule has 0 aliphatic rings. The summed E-state index contributed by atoms with van der Waals surface area (Å²) in [6.45, 7) is 0. The molecule has 0 rings (SSSR count). The zero-order valence-electron chi connectivity index (χ0n) is 5.93. The van der Waals surface area contributed by atoms with Crippen LogP contribution in [0.5, 0.6) is 0 Å². The van der Waals surface area contributed by atoms with E-state index in [0.717, 1.165) is 0 Å². The predicted molar refractivity (Wildman–Crippen MR) is 30.8 cm³/mol. The molecule has 30 valence electrons. The van der Waals surface area contributed by atoms with Crippen LogP contribution in [-0.2, 0) is 0 Å². The Balaban J connectivity index is 0. The van der Waals surface area contributed by atoms with E-state index >= 15 is 0 Å². The van der Waals surface area contributed by atoms with E-state index in [1.165, 1.54) is 0 Å². The van der Waals surface area contributed by atoms with Gasteiger partial charge in [0.2, 0.25) is 0 Å². The Hall–Kier alpha value is 3.27. The van der Waals surface area contributed by atoms with Crippen LogP contribution >= 0.6 is 37.2 Å². The molecule has 0 aliphatic carbocycles. The number of rotatable bonds is 0. The second-order valence-electron chi connectivity index (χ2n) is 0. The fraction of sp³-hybridized carbons (Fsp3) is 0. The minimum Gasteiger partial charge on any atom is -1.00 e. The van der Waals surface area contributed by atoms with Crippen molar-refractivity contribution >= 4 is 60.3 Å². The summed E-state index contributed by atoms with van der Waals surface area (Å²) in [5, 5.41) is 0. The topological polar surface area (TPSA) is 0 Å². The summed E-state index contributed by atoms with van der Waals surface area (Å²) in [6, 6.07) is 0. The number of hydrogen-bond acceptors (Lipinski definition) is 0. The van der Waals surface area contributed by atoms with Crippen LogP contribution in [0.4, 0.5) is 0 Å². The first kappa shape index (κ1) is 40.9. The zero-order chi connectivity index (χ0) is 0. The van der Waals surface area contributed by atoms with Crippen LogP contribution in [0.3, 0.4) is 0 Å². The number of halogens is 3. The van der Waals surface area contributed by atoms with E-state index in [4.69, 9.17) is 0 Å². The van der Waals surface area contributed by atoms with Crippen molar-refractivity contribution in [2.24, 2.45) is 0 Å². The zero-order valence-corrected chi connectivity index (χ0v) is 9.92. The maximum Gasteiger partial charge on any atom is 2.00 e. The second kappa shape index (κ2) is 26.7. The van der Waals surface area contributed by atoms with Gasteiger partial charge in [-0.05, 0) is 0 Å². The summed E-state index contributed by atoms with van der Waals surface area (Å²) in [7, 11) is 0. The summed E-state index contributed by atoms with van der Waals surface area (Å²) in [5.74, 6) is 0. The molecule has 0 nitrogen and oxygen atoms in total. The van der Waals surface area contributed by atoms with E-state index in [1.54, 1.807) is 0 Å². The Morgan fingerprint density at radius 3 is 0.800 bits per heavy atom. The molecule has 0 radical (unpaired) electrons. The van der Waals surface area contributed by atoms with Crippen molar-refractivity contribution in [3.05, 3.63) is 0 Å². The van der Waals surface area contributed by atoms with Gasteiger partial charge in [-0.15, -0.1) is 37.2 Å². The number of hydrogen-bond donors (Lipinski definition) is 0. The SMILES string of the molecule is Cl.Cl.Cl.[H-].[H-].[H-].[K+].[Mg+2]. The average Bonchev–Trinajstić information content (AvgIpc) is 0. The standard InChI is InChI=1S/3ClH.K.Mg.3H/h3*1H;;;;;/q;;;+1;+2;3*-1. The van der Waals surface area contributed by atoms with E-state index < -0.39 is 0 Å². The fourth-order valence-corrected chi connectivity index (χ4v) is 0. The Morgan fingerprint density at radius 2 is 0.800 bits per heavy atom. The third-order valence-corrected chi connectivity index (χ3v) is 0. The maximum atomic E-state index is 0. The molecule has 0 saturated heterocycles. The Bertz CT molecular complexity index is 14.5. The van der Waals surface area contributed by atoms with Gasteiger partial charge in [0.05, 0.1) is 0 Å². The Kier molecular flexibility index (Phi) is 218. The molecule has 0 aliphatic heterocycles. The molecule has 5 heavy (non-hydrogen) atoms. The molecule has 5 heteroatoms. The summed E-state index contributed by atoms with van der Waals surface area (Å²) in [4.78, 5) is 0. The first-order valence-electron chi connectivity index (χ1n) is 0. The van der Waals surface area contributed by atoms with Crippen LogP contribution < -0.4 is 51.4 Å². The van der Waals surface area contributed by atoms with Crippen molar-refractivity contribution in [3.8, 4) is 0 Å². The van der Waals surface area contributed by atoms with Gasteiger partial charge in [-0.3, -0.25) is 0 Å². The van der Waals surface area contributed by atoms with Gasteiger partial charge < -0.3 is 4.28 Å². The van der Waals surface area contributed by atoms with Crippen molar-refractivity contribution in [2.45, 2.75) is 0 Å². The maximum absolute atomic E-state index is 0. The van der Waals surface area contributed by atoms with Crippen LogP contribution in [0.1, 0.15) is 4.28 Å². The first-order valence-corrected chi connectivity index (χ1v) is 0. The molecule has 0 unspecified atom stereocenters. The van der Waals surface area contributed by atoms with Crippen LogP contribution in [0.2, 0.25) is 0 Å². The van der Waals surface area contributed by atoms with Crippen molar-refractivity contribution in [3.63, 3.8) is 0 Å². The third-order valence-electron chi connectivity index (χ3n) is 0. The largest absolute Gasteiger partial charge is 2.00 e. The molecule has 0 amide bonds. The summed E-state index contributed by atoms with van der Waals surface area (Å²) in [5.41, 5.74) is 0. The monoisotopic (exact) mass is 174 g/mol. The van der Waals surface area contributed by atoms with Gasteiger partial charge in [0.25, 0.3) is 0 Å². The van der Waals surface area contributed by atoms with Crippen LogP contribution in [0.15, 0.2) is 0 Å². The van der Waals surface area contributed by atoms with Gasteiger partial charge in [-0.1, -0.05) is 0 Å². The van der Waals surface area contributed by atoms with E-state index in [2.05, 4.69) is 0 Å². The molecule has 0 fully saturated rings. The van der Waals surface area contributed by atoms with Gasteiger partial charge in [0.1, 0.15) is 0 Å². The van der Waals surface area contributed by atoms with E-state index in [9.17, 15) is 0 Å². The summed E-state index contributed by atoms with van der Waals surface area (Å²) < 4.78 is 0. The van der Waals surface area contributed by atoms with Gasteiger partial charge in [0.15, 0.2) is 0 Å². The quantitative estimate of drug-likeness (QED) is 0.383. The molecule has 0 bridgehead atoms. The van der Waals surface area contributed by atoms with Crippen molar-refractivity contribution in [1.29, 1.82) is 0 Å². The van der Waals surface area contributed by atoms with Crippen LogP contribution in [0, 0.1) is 0 Å². The Morgan fingerprint density at radius 1 is 0.800 bits per heavy atom. The summed E-state index contributed by atoms with van der Waals surface area (Å²) >= 11 is 0. The second-order valence-corrected chi connectivity index (χ2v) is 0. The fourth-order valence-electron chi connectivity index (χ4n) is 0. The van der Waals surface area contributed by atoms with Crippen molar-refractivity contribution in [2.75, 3.05) is 0 Å². The van der Waals surface area contributed by atoms with Gasteiger partial charge in [0, 0.05) is 0 Å². The predicted octanol–water partition coefficient (Wildman–Crippen LogP) is -1.77. The van der Waals surface area contributed by atoms with Gasteiger partial charge in [-0.25, -0.2) is 0 Å². The minimum absolute atomic E-state index is 0. The molecule has 0 heterocycles. The molecule has 0 aromatic heterocycles. The first-order chi connectivity index (χ1) is 0. The molecule has 0 aromatic carbocycles. The molecule has 0 saturated carbocycles. The normalized spacial score (nSPS) is 0. The van der Waals surface area contributed by atoms with Gasteiger partial charge in [-0.2, -0.15) is 0 Å².